The van der Waals surface area contributed by atoms with E-state index >= 15 is 0 Å². The second kappa shape index (κ2) is 7.75. The molecule has 3 rings (SSSR count). The van der Waals surface area contributed by atoms with Crippen molar-refractivity contribution in [3.05, 3.63) is 35.6 Å². The average Bonchev–Trinajstić information content (AvgIpc) is 2.82. The molecule has 2 saturated heterocycles. The van der Waals surface area contributed by atoms with Crippen molar-refractivity contribution in [1.82, 2.24) is 14.7 Å². The van der Waals surface area contributed by atoms with E-state index < -0.39 is 0 Å². The maximum atomic E-state index is 13.8. The van der Waals surface area contributed by atoms with Crippen molar-refractivity contribution in [3.63, 3.8) is 0 Å². The van der Waals surface area contributed by atoms with E-state index in [2.05, 4.69) is 9.80 Å². The van der Waals surface area contributed by atoms with Gasteiger partial charge in [0, 0.05) is 38.3 Å². The first-order valence-corrected chi connectivity index (χ1v) is 8.32. The zero-order valence-corrected chi connectivity index (χ0v) is 13.4. The van der Waals surface area contributed by atoms with Gasteiger partial charge >= 0.3 is 6.09 Å². The van der Waals surface area contributed by atoms with Gasteiger partial charge < -0.3 is 14.5 Å². The summed E-state index contributed by atoms with van der Waals surface area (Å²) >= 11 is 0. The van der Waals surface area contributed by atoms with Gasteiger partial charge in [0.25, 0.3) is 0 Å². The lowest BCUT2D eigenvalue weighted by molar-refractivity contribution is 0.153. The van der Waals surface area contributed by atoms with Gasteiger partial charge in [-0.2, -0.15) is 0 Å². The molecule has 2 aliphatic heterocycles. The zero-order valence-electron chi connectivity index (χ0n) is 13.4. The number of benzene rings is 1. The van der Waals surface area contributed by atoms with Crippen LogP contribution in [0.4, 0.5) is 9.18 Å². The van der Waals surface area contributed by atoms with E-state index in [1.807, 2.05) is 12.1 Å². The minimum absolute atomic E-state index is 0.124. The second-order valence-corrected chi connectivity index (χ2v) is 6.16. The molecule has 126 valence electrons. The third kappa shape index (κ3) is 4.42. The first-order valence-electron chi connectivity index (χ1n) is 8.32. The Morgan fingerprint density at radius 3 is 2.57 bits per heavy atom. The van der Waals surface area contributed by atoms with E-state index in [1.54, 1.807) is 11.0 Å². The highest BCUT2D eigenvalue weighted by molar-refractivity contribution is 5.69. The van der Waals surface area contributed by atoms with Crippen molar-refractivity contribution in [3.8, 4) is 0 Å². The Morgan fingerprint density at radius 2 is 1.78 bits per heavy atom. The fraction of sp³-hybridized carbons (Fsp3) is 0.588. The Hall–Kier alpha value is -1.66. The number of nitrogens with zero attached hydrogens (tertiary/aromatic N) is 3. The third-order valence-electron chi connectivity index (χ3n) is 4.56. The van der Waals surface area contributed by atoms with Crippen LogP contribution in [0.25, 0.3) is 0 Å². The summed E-state index contributed by atoms with van der Waals surface area (Å²) in [4.78, 5) is 17.9. The fourth-order valence-electron chi connectivity index (χ4n) is 3.16. The van der Waals surface area contributed by atoms with Crippen LogP contribution < -0.4 is 0 Å². The quantitative estimate of drug-likeness (QED) is 0.828. The molecule has 0 aliphatic carbocycles. The molecule has 6 heteroatoms. The maximum Gasteiger partial charge on any atom is 0.409 e. The lowest BCUT2D eigenvalue weighted by Crippen LogP contribution is -2.37. The fourth-order valence-corrected chi connectivity index (χ4v) is 3.16. The van der Waals surface area contributed by atoms with Gasteiger partial charge in [-0.25, -0.2) is 9.18 Å². The lowest BCUT2D eigenvalue weighted by Gasteiger charge is -2.23. The van der Waals surface area contributed by atoms with Crippen LogP contribution in [0.5, 0.6) is 0 Å². The molecule has 0 saturated carbocycles. The van der Waals surface area contributed by atoms with E-state index in [-0.39, 0.29) is 11.9 Å². The Bertz CT molecular complexity index is 540. The first kappa shape index (κ1) is 16.2. The van der Waals surface area contributed by atoms with Gasteiger partial charge in [0.2, 0.25) is 0 Å². The number of halogens is 1. The summed E-state index contributed by atoms with van der Waals surface area (Å²) in [7, 11) is 0. The molecule has 0 unspecified atom stereocenters. The first-order chi connectivity index (χ1) is 11.2. The molecule has 0 radical (unpaired) electrons. The zero-order chi connectivity index (χ0) is 16.1. The molecule has 1 amide bonds. The molecule has 5 nitrogen and oxygen atoms in total. The summed E-state index contributed by atoms with van der Waals surface area (Å²) < 4.78 is 18.7. The molecule has 23 heavy (non-hydrogen) atoms. The van der Waals surface area contributed by atoms with Crippen LogP contribution in [0, 0.1) is 5.82 Å². The molecule has 0 aromatic heterocycles. The highest BCUT2D eigenvalue weighted by atomic mass is 19.1. The van der Waals surface area contributed by atoms with Crippen LogP contribution in [-0.2, 0) is 11.3 Å². The molecule has 0 spiro atoms. The van der Waals surface area contributed by atoms with Gasteiger partial charge in [-0.1, -0.05) is 18.2 Å². The number of carbonyl (C=O) groups excluding carboxylic acids is 1. The van der Waals surface area contributed by atoms with Crippen LogP contribution in [0.15, 0.2) is 24.3 Å². The van der Waals surface area contributed by atoms with E-state index in [9.17, 15) is 9.18 Å². The Labute approximate surface area is 136 Å². The number of ether oxygens (including phenoxy) is 1. The topological polar surface area (TPSA) is 36.0 Å². The van der Waals surface area contributed by atoms with Gasteiger partial charge in [-0.15, -0.1) is 0 Å². The Morgan fingerprint density at radius 1 is 1.00 bits per heavy atom. The minimum atomic E-state index is -0.194. The summed E-state index contributed by atoms with van der Waals surface area (Å²) in [6.45, 7) is 7.37. The summed E-state index contributed by atoms with van der Waals surface area (Å²) in [5, 5.41) is 0. The lowest BCUT2D eigenvalue weighted by atomic mass is 10.2. The van der Waals surface area contributed by atoms with Crippen molar-refractivity contribution >= 4 is 6.09 Å². The number of carbonyl (C=O) groups is 1. The number of amides is 1. The van der Waals surface area contributed by atoms with Crippen LogP contribution in [-0.4, -0.2) is 73.2 Å². The summed E-state index contributed by atoms with van der Waals surface area (Å²) in [5.74, 6) is -0.124. The van der Waals surface area contributed by atoms with E-state index in [1.165, 1.54) is 6.07 Å². The van der Waals surface area contributed by atoms with Gasteiger partial charge in [-0.3, -0.25) is 4.90 Å². The maximum absolute atomic E-state index is 13.8. The average molecular weight is 321 g/mol. The van der Waals surface area contributed by atoms with Crippen molar-refractivity contribution in [2.75, 3.05) is 52.4 Å². The van der Waals surface area contributed by atoms with Crippen molar-refractivity contribution in [1.29, 1.82) is 0 Å². The van der Waals surface area contributed by atoms with Crippen LogP contribution in [0.1, 0.15) is 12.0 Å². The van der Waals surface area contributed by atoms with Gasteiger partial charge in [-0.05, 0) is 25.6 Å². The Balaban J connectivity index is 1.45. The summed E-state index contributed by atoms with van der Waals surface area (Å²) in [5.41, 5.74) is 0.765. The van der Waals surface area contributed by atoms with E-state index in [0.29, 0.717) is 19.7 Å². The molecule has 0 atom stereocenters. The largest absolute Gasteiger partial charge is 0.448 e. The molecule has 2 fully saturated rings. The Kier molecular flexibility index (Phi) is 5.46. The number of hydrogen-bond acceptors (Lipinski definition) is 4. The van der Waals surface area contributed by atoms with Gasteiger partial charge in [0.05, 0.1) is 6.54 Å². The monoisotopic (exact) mass is 321 g/mol. The number of hydrogen-bond donors (Lipinski definition) is 0. The second-order valence-electron chi connectivity index (χ2n) is 6.16. The predicted octanol–water partition coefficient (Wildman–Crippen LogP) is 1.79. The smallest absolute Gasteiger partial charge is 0.409 e. The molecule has 2 aliphatic rings. The van der Waals surface area contributed by atoms with E-state index in [0.717, 1.165) is 51.3 Å². The van der Waals surface area contributed by atoms with Crippen LogP contribution in [0.2, 0.25) is 0 Å². The highest BCUT2D eigenvalue weighted by Crippen LogP contribution is 2.12. The standard InChI is InChI=1S/C17H24FN3O2/c18-16-5-2-1-4-15(16)14-20-7-3-6-19(8-9-20)10-11-21-12-13-23-17(21)22/h1-2,4-5H,3,6-14H2. The molecular weight excluding hydrogens is 297 g/mol. The van der Waals surface area contributed by atoms with E-state index in [4.69, 9.17) is 4.74 Å². The summed E-state index contributed by atoms with van der Waals surface area (Å²) in [6.07, 6.45) is 0.875. The molecule has 2 heterocycles. The van der Waals surface area contributed by atoms with Crippen LogP contribution >= 0.6 is 0 Å². The molecule has 1 aromatic rings. The summed E-state index contributed by atoms with van der Waals surface area (Å²) in [6, 6.07) is 7.00. The highest BCUT2D eigenvalue weighted by Gasteiger charge is 2.23. The molecular formula is C17H24FN3O2. The third-order valence-corrected chi connectivity index (χ3v) is 4.56. The normalized spacial score (nSPS) is 20.6. The van der Waals surface area contributed by atoms with Gasteiger partial charge in [0.15, 0.2) is 0 Å². The van der Waals surface area contributed by atoms with Crippen molar-refractivity contribution < 1.29 is 13.9 Å². The SMILES string of the molecule is O=C1OCCN1CCN1CCCN(Cc2ccccc2F)CC1. The molecule has 0 N–H and O–H groups in total. The number of rotatable bonds is 5. The molecule has 0 bridgehead atoms. The molecule has 1 aromatic carbocycles. The van der Waals surface area contributed by atoms with Crippen LogP contribution in [0.3, 0.4) is 0 Å². The minimum Gasteiger partial charge on any atom is -0.448 e. The number of cyclic esters (lactones) is 1. The van der Waals surface area contributed by atoms with Gasteiger partial charge in [0.1, 0.15) is 12.4 Å². The predicted molar refractivity (Wildman–Crippen MR) is 85.7 cm³/mol. The van der Waals surface area contributed by atoms with Crippen molar-refractivity contribution in [2.45, 2.75) is 13.0 Å². The van der Waals surface area contributed by atoms with Crippen molar-refractivity contribution in [2.24, 2.45) is 0 Å².